The van der Waals surface area contributed by atoms with Crippen molar-refractivity contribution in [3.05, 3.63) is 69.8 Å². The minimum atomic E-state index is -0.452. The van der Waals surface area contributed by atoms with Crippen LogP contribution < -0.4 is 4.74 Å². The molecule has 0 fully saturated rings. The van der Waals surface area contributed by atoms with E-state index in [1.165, 1.54) is 6.07 Å². The van der Waals surface area contributed by atoms with E-state index in [1.54, 1.807) is 23.1 Å². The first-order valence-electron chi connectivity index (χ1n) is 7.78. The van der Waals surface area contributed by atoms with Gasteiger partial charge in [0, 0.05) is 23.7 Å². The molecule has 3 rings (SSSR count). The maximum Gasteiger partial charge on any atom is 0.273 e. The zero-order valence-electron chi connectivity index (χ0n) is 13.3. The lowest BCUT2D eigenvalue weighted by Crippen LogP contribution is -2.40. The molecule has 2 aromatic rings. The summed E-state index contributed by atoms with van der Waals surface area (Å²) in [5, 5.41) is 11.1. The lowest BCUT2D eigenvalue weighted by molar-refractivity contribution is -0.385. The minimum Gasteiger partial charge on any atom is -0.491 e. The number of nitro benzene ring substituents is 1. The number of nitrogens with zero attached hydrogens (tertiary/aromatic N) is 2. The summed E-state index contributed by atoms with van der Waals surface area (Å²) in [4.78, 5) is 25.2. The van der Waals surface area contributed by atoms with Crippen molar-refractivity contribution >= 4 is 11.6 Å². The predicted molar refractivity (Wildman–Crippen MR) is 88.7 cm³/mol. The molecule has 0 spiro atoms. The van der Waals surface area contributed by atoms with Crippen LogP contribution in [0.4, 0.5) is 5.69 Å². The molecule has 1 unspecified atom stereocenters. The van der Waals surface area contributed by atoms with E-state index in [9.17, 15) is 14.9 Å². The van der Waals surface area contributed by atoms with Crippen molar-refractivity contribution < 1.29 is 14.5 Å². The van der Waals surface area contributed by atoms with E-state index < -0.39 is 4.92 Å². The number of hydrogen-bond donors (Lipinski definition) is 0. The minimum absolute atomic E-state index is 0.00363. The van der Waals surface area contributed by atoms with Gasteiger partial charge in [0.25, 0.3) is 5.69 Å². The summed E-state index contributed by atoms with van der Waals surface area (Å²) >= 11 is 0. The lowest BCUT2D eigenvalue weighted by atomic mass is 10.1. The van der Waals surface area contributed by atoms with Gasteiger partial charge in [-0.25, -0.2) is 0 Å². The highest BCUT2D eigenvalue weighted by molar-refractivity contribution is 5.80. The van der Waals surface area contributed by atoms with E-state index >= 15 is 0 Å². The van der Waals surface area contributed by atoms with Crippen LogP contribution in [-0.2, 0) is 17.8 Å². The van der Waals surface area contributed by atoms with Crippen molar-refractivity contribution in [1.29, 1.82) is 0 Å². The van der Waals surface area contributed by atoms with Crippen LogP contribution in [-0.4, -0.2) is 28.4 Å². The third-order valence-corrected chi connectivity index (χ3v) is 4.18. The molecule has 0 bridgehead atoms. The average Bonchev–Trinajstić information content (AvgIpc) is 2.74. The molecule has 124 valence electrons. The van der Waals surface area contributed by atoms with E-state index in [0.717, 1.165) is 11.3 Å². The number of carbonyl (C=O) groups is 1. The maximum absolute atomic E-state index is 12.8. The van der Waals surface area contributed by atoms with Crippen molar-refractivity contribution in [3.8, 4) is 5.75 Å². The first-order valence-corrected chi connectivity index (χ1v) is 7.78. The summed E-state index contributed by atoms with van der Waals surface area (Å²) in [7, 11) is 0. The Balaban J connectivity index is 1.83. The van der Waals surface area contributed by atoms with Gasteiger partial charge in [-0.15, -0.1) is 0 Å². The van der Waals surface area contributed by atoms with Crippen LogP contribution in [0, 0.1) is 10.1 Å². The normalized spacial score (nSPS) is 16.7. The van der Waals surface area contributed by atoms with E-state index in [1.807, 2.05) is 31.2 Å². The molecule has 0 N–H and O–H groups in total. The Morgan fingerprint density at radius 2 is 1.96 bits per heavy atom. The Kier molecular flexibility index (Phi) is 4.46. The van der Waals surface area contributed by atoms with Crippen LogP contribution >= 0.6 is 0 Å². The first kappa shape index (κ1) is 16.0. The predicted octanol–water partition coefficient (Wildman–Crippen LogP) is 2.95. The van der Waals surface area contributed by atoms with Crippen LogP contribution in [0.15, 0.2) is 48.5 Å². The first-order chi connectivity index (χ1) is 11.6. The fraction of sp³-hybridized carbons (Fsp3) is 0.278. The highest BCUT2D eigenvalue weighted by atomic mass is 16.6. The van der Waals surface area contributed by atoms with E-state index in [2.05, 4.69) is 0 Å². The highest BCUT2D eigenvalue weighted by Crippen LogP contribution is 2.26. The van der Waals surface area contributed by atoms with Crippen molar-refractivity contribution in [2.24, 2.45) is 0 Å². The monoisotopic (exact) mass is 326 g/mol. The topological polar surface area (TPSA) is 72.7 Å². The average molecular weight is 326 g/mol. The van der Waals surface area contributed by atoms with Crippen LogP contribution in [0.3, 0.4) is 0 Å². The molecule has 1 amide bonds. The number of carbonyl (C=O) groups excluding carboxylic acids is 1. The van der Waals surface area contributed by atoms with Crippen molar-refractivity contribution in [2.45, 2.75) is 25.9 Å². The van der Waals surface area contributed by atoms with Crippen LogP contribution in [0.2, 0.25) is 0 Å². The molecular weight excluding hydrogens is 308 g/mol. The van der Waals surface area contributed by atoms with Gasteiger partial charge in [-0.3, -0.25) is 14.9 Å². The zero-order valence-corrected chi connectivity index (χ0v) is 13.3. The van der Waals surface area contributed by atoms with Crippen LogP contribution in [0.1, 0.15) is 18.1 Å². The van der Waals surface area contributed by atoms with Crippen LogP contribution in [0.25, 0.3) is 0 Å². The van der Waals surface area contributed by atoms with Gasteiger partial charge in [0.2, 0.25) is 5.91 Å². The van der Waals surface area contributed by atoms with E-state index in [0.29, 0.717) is 18.7 Å². The van der Waals surface area contributed by atoms with Gasteiger partial charge in [0.1, 0.15) is 12.4 Å². The van der Waals surface area contributed by atoms with Crippen molar-refractivity contribution in [1.82, 2.24) is 4.90 Å². The molecule has 24 heavy (non-hydrogen) atoms. The molecule has 2 aromatic carbocycles. The number of ether oxygens (including phenoxy) is 1. The summed E-state index contributed by atoms with van der Waals surface area (Å²) in [5.74, 6) is 0.641. The highest BCUT2D eigenvalue weighted by Gasteiger charge is 2.27. The molecule has 1 aliphatic rings. The molecular formula is C18H18N2O4. The second-order valence-electron chi connectivity index (χ2n) is 5.85. The Morgan fingerprint density at radius 1 is 1.25 bits per heavy atom. The molecule has 0 aromatic heterocycles. The Labute approximate surface area is 139 Å². The molecule has 1 atom stereocenters. The zero-order chi connectivity index (χ0) is 17.1. The van der Waals surface area contributed by atoms with Gasteiger partial charge >= 0.3 is 0 Å². The van der Waals surface area contributed by atoms with E-state index in [-0.39, 0.29) is 24.1 Å². The largest absolute Gasteiger partial charge is 0.491 e. The molecule has 6 heteroatoms. The number of hydrogen-bond acceptors (Lipinski definition) is 4. The quantitative estimate of drug-likeness (QED) is 0.642. The Bertz CT molecular complexity index is 775. The van der Waals surface area contributed by atoms with Crippen molar-refractivity contribution in [2.75, 3.05) is 6.61 Å². The summed E-state index contributed by atoms with van der Waals surface area (Å²) in [6.07, 6.45) is 0.00363. The number of nitro groups is 1. The second kappa shape index (κ2) is 6.70. The fourth-order valence-electron chi connectivity index (χ4n) is 2.85. The van der Waals surface area contributed by atoms with Gasteiger partial charge in [-0.1, -0.05) is 36.4 Å². The summed E-state index contributed by atoms with van der Waals surface area (Å²) in [5.41, 5.74) is 1.35. The fourth-order valence-corrected chi connectivity index (χ4v) is 2.85. The van der Waals surface area contributed by atoms with E-state index in [4.69, 9.17) is 4.74 Å². The molecule has 1 heterocycles. The molecule has 0 aliphatic carbocycles. The number of fused-ring (bicyclic) bond motifs is 1. The molecule has 0 radical (unpaired) electrons. The number of para-hydroxylation sites is 2. The standard InChI is InChI=1S/C18H18N2O4/c1-13-12-24-17-9-5-3-7-15(17)11-19(13)18(21)10-14-6-2-4-8-16(14)20(22)23/h2-9,13H,10-12H2,1H3. The third-order valence-electron chi connectivity index (χ3n) is 4.18. The SMILES string of the molecule is CC1COc2ccccc2CN1C(=O)Cc1ccccc1[N+](=O)[O-]. The molecule has 0 saturated heterocycles. The molecule has 0 saturated carbocycles. The van der Waals surface area contributed by atoms with Gasteiger partial charge in [0.15, 0.2) is 0 Å². The Hall–Kier alpha value is -2.89. The van der Waals surface area contributed by atoms with Gasteiger partial charge in [-0.2, -0.15) is 0 Å². The third kappa shape index (κ3) is 3.22. The van der Waals surface area contributed by atoms with Gasteiger partial charge < -0.3 is 9.64 Å². The Morgan fingerprint density at radius 3 is 2.75 bits per heavy atom. The maximum atomic E-state index is 12.8. The smallest absolute Gasteiger partial charge is 0.273 e. The summed E-state index contributed by atoms with van der Waals surface area (Å²) in [6, 6.07) is 13.9. The lowest BCUT2D eigenvalue weighted by Gasteiger charge is -2.26. The van der Waals surface area contributed by atoms with Gasteiger partial charge in [-0.05, 0) is 13.0 Å². The molecule has 6 nitrogen and oxygen atoms in total. The summed E-state index contributed by atoms with van der Waals surface area (Å²) < 4.78 is 5.75. The number of benzene rings is 2. The van der Waals surface area contributed by atoms with Gasteiger partial charge in [0.05, 0.1) is 17.4 Å². The van der Waals surface area contributed by atoms with Crippen LogP contribution in [0.5, 0.6) is 5.75 Å². The second-order valence-corrected chi connectivity index (χ2v) is 5.85. The van der Waals surface area contributed by atoms with Crippen molar-refractivity contribution in [3.63, 3.8) is 0 Å². The molecule has 1 aliphatic heterocycles. The summed E-state index contributed by atoms with van der Waals surface area (Å²) in [6.45, 7) is 2.76. The number of amides is 1. The number of rotatable bonds is 3.